The molecule has 0 radical (unpaired) electrons. The summed E-state index contributed by atoms with van der Waals surface area (Å²) in [6.07, 6.45) is -0.110. The first-order valence-corrected chi connectivity index (χ1v) is 12.8. The molecule has 0 aromatic heterocycles. The summed E-state index contributed by atoms with van der Waals surface area (Å²) >= 11 is 0. The summed E-state index contributed by atoms with van der Waals surface area (Å²) in [6, 6.07) is 8.03. The molecule has 2 aromatic carbocycles. The predicted molar refractivity (Wildman–Crippen MR) is 143 cm³/mol. The van der Waals surface area contributed by atoms with Gasteiger partial charge in [-0.2, -0.15) is 0 Å². The van der Waals surface area contributed by atoms with Gasteiger partial charge >= 0.3 is 0 Å². The average molecular weight is 552 g/mol. The van der Waals surface area contributed by atoms with Crippen LogP contribution in [0.5, 0.6) is 5.75 Å². The van der Waals surface area contributed by atoms with Gasteiger partial charge in [-0.1, -0.05) is 18.2 Å². The van der Waals surface area contributed by atoms with Gasteiger partial charge in [0.2, 0.25) is 5.78 Å². The molecule has 0 heterocycles. The zero-order valence-corrected chi connectivity index (χ0v) is 22.0. The van der Waals surface area contributed by atoms with Crippen LogP contribution in [0.15, 0.2) is 47.2 Å². The highest BCUT2D eigenvalue weighted by molar-refractivity contribution is 6.22. The molecule has 3 aliphatic rings. The van der Waals surface area contributed by atoms with E-state index in [4.69, 9.17) is 5.73 Å². The van der Waals surface area contributed by atoms with Crippen molar-refractivity contribution in [2.24, 2.45) is 17.6 Å². The lowest BCUT2D eigenvalue weighted by molar-refractivity contribution is -0.147. The first-order chi connectivity index (χ1) is 18.9. The van der Waals surface area contributed by atoms with Crippen molar-refractivity contribution in [2.45, 2.75) is 38.0 Å². The number of carbonyl (C=O) groups excluding carboxylic acids is 3. The summed E-state index contributed by atoms with van der Waals surface area (Å²) in [4.78, 5) is 39.9. The molecule has 3 aliphatic carbocycles. The van der Waals surface area contributed by atoms with Crippen molar-refractivity contribution in [1.29, 1.82) is 0 Å². The second kappa shape index (κ2) is 9.76. The Balaban J connectivity index is 1.58. The lowest BCUT2D eigenvalue weighted by Gasteiger charge is -2.46. The van der Waals surface area contributed by atoms with E-state index in [-0.39, 0.29) is 55.1 Å². The third-order valence-electron chi connectivity index (χ3n) is 8.19. The summed E-state index contributed by atoms with van der Waals surface area (Å²) in [7, 11) is 3.58. The molecule has 0 aliphatic heterocycles. The molecular weight excluding hydrogens is 521 g/mol. The summed E-state index contributed by atoms with van der Waals surface area (Å²) in [5, 5.41) is 47.9. The average Bonchev–Trinajstić information content (AvgIpc) is 2.88. The van der Waals surface area contributed by atoms with Crippen LogP contribution in [0.1, 0.15) is 35.1 Å². The number of rotatable bonds is 6. The minimum atomic E-state index is -2.62. The summed E-state index contributed by atoms with van der Waals surface area (Å²) in [5.74, 6) is -7.05. The number of fused-ring (bicyclic) bond motifs is 3. The van der Waals surface area contributed by atoms with Gasteiger partial charge in [-0.15, -0.1) is 0 Å². The molecular formula is C29H30FN3O7. The molecule has 0 bridgehead atoms. The van der Waals surface area contributed by atoms with Crippen LogP contribution in [0.2, 0.25) is 0 Å². The maximum absolute atomic E-state index is 14.0. The van der Waals surface area contributed by atoms with Gasteiger partial charge in [0.15, 0.2) is 11.4 Å². The van der Waals surface area contributed by atoms with Crippen LogP contribution in [-0.2, 0) is 33.9 Å². The Morgan fingerprint density at radius 3 is 2.45 bits per heavy atom. The van der Waals surface area contributed by atoms with E-state index in [1.165, 1.54) is 6.07 Å². The molecule has 1 fully saturated rings. The molecule has 3 atom stereocenters. The lowest BCUT2D eigenvalue weighted by Crippen LogP contribution is -2.58. The lowest BCUT2D eigenvalue weighted by atomic mass is 9.59. The molecule has 3 unspecified atom stereocenters. The highest BCUT2D eigenvalue weighted by Crippen LogP contribution is 2.53. The number of carbonyl (C=O) groups is 3. The Hall–Kier alpha value is -4.22. The van der Waals surface area contributed by atoms with Crippen molar-refractivity contribution in [3.63, 3.8) is 0 Å². The summed E-state index contributed by atoms with van der Waals surface area (Å²) < 4.78 is 14.0. The number of amides is 1. The number of nitrogens with one attached hydrogen (secondary N) is 1. The Kier molecular flexibility index (Phi) is 6.67. The number of ketones is 2. The van der Waals surface area contributed by atoms with Gasteiger partial charge in [0.05, 0.1) is 5.56 Å². The minimum absolute atomic E-state index is 0.0148. The number of anilines is 1. The number of halogens is 1. The Morgan fingerprint density at radius 2 is 1.80 bits per heavy atom. The minimum Gasteiger partial charge on any atom is -0.508 e. The van der Waals surface area contributed by atoms with Crippen molar-refractivity contribution in [3.8, 4) is 5.75 Å². The number of aromatic hydroxyl groups is 1. The fraction of sp³-hybridized carbons (Fsp3) is 0.345. The molecule has 10 nitrogen and oxygen atoms in total. The maximum Gasteiger partial charge on any atom is 0.255 e. The quantitative estimate of drug-likeness (QED) is 0.293. The highest BCUT2D eigenvalue weighted by Gasteiger charge is 2.60. The number of phenols is 1. The van der Waals surface area contributed by atoms with Crippen molar-refractivity contribution < 1.29 is 39.2 Å². The van der Waals surface area contributed by atoms with E-state index in [1.807, 2.05) is 0 Å². The molecule has 5 rings (SSSR count). The Labute approximate surface area is 229 Å². The SMILES string of the molecule is CN(C)c1cc(CNCc2ccccc2F)c(O)c2c1CC1CC3CC(=O)C(C(N)=O)=C(O)C3(O)C(=O)C1=C2O. The normalized spacial score (nSPS) is 24.0. The molecule has 2 aromatic rings. The van der Waals surface area contributed by atoms with E-state index >= 15 is 0 Å². The molecule has 210 valence electrons. The van der Waals surface area contributed by atoms with E-state index < -0.39 is 52.0 Å². The zero-order valence-electron chi connectivity index (χ0n) is 22.0. The monoisotopic (exact) mass is 551 g/mol. The fourth-order valence-corrected chi connectivity index (χ4v) is 6.23. The van der Waals surface area contributed by atoms with Crippen LogP contribution < -0.4 is 16.0 Å². The molecule has 0 spiro atoms. The fourth-order valence-electron chi connectivity index (χ4n) is 6.23. The van der Waals surface area contributed by atoms with E-state index in [1.54, 1.807) is 43.3 Å². The molecule has 1 saturated carbocycles. The Morgan fingerprint density at radius 1 is 1.12 bits per heavy atom. The zero-order chi connectivity index (χ0) is 29.1. The number of hydrogen-bond acceptors (Lipinski definition) is 9. The van der Waals surface area contributed by atoms with Gasteiger partial charge in [-0.3, -0.25) is 14.4 Å². The number of hydrogen-bond donors (Lipinski definition) is 6. The number of primary amides is 1. The predicted octanol–water partition coefficient (Wildman–Crippen LogP) is 1.92. The van der Waals surface area contributed by atoms with Crippen molar-refractivity contribution in [3.05, 3.63) is 75.3 Å². The van der Waals surface area contributed by atoms with Gasteiger partial charge in [0.1, 0.15) is 28.7 Å². The van der Waals surface area contributed by atoms with Gasteiger partial charge in [0, 0.05) is 61.9 Å². The molecule has 40 heavy (non-hydrogen) atoms. The molecule has 1 amide bonds. The van der Waals surface area contributed by atoms with Crippen LogP contribution in [0.4, 0.5) is 10.1 Å². The van der Waals surface area contributed by atoms with Crippen LogP contribution >= 0.6 is 0 Å². The van der Waals surface area contributed by atoms with Gasteiger partial charge < -0.3 is 36.4 Å². The van der Waals surface area contributed by atoms with Crippen LogP contribution in [0.25, 0.3) is 5.76 Å². The summed E-state index contributed by atoms with van der Waals surface area (Å²) in [6.45, 7) is 0.281. The molecule has 0 saturated heterocycles. The standard InChI is InChI=1S/C29H30FN3O7/c1-33(2)19-9-15(12-32-11-13-5-3-4-6-18(13)30)24(35)22-17(19)8-14-7-16-10-20(34)23(28(31)39)27(38)29(16,40)26(37)21(14)25(22)36/h3-6,9,14,16,32,35-36,38,40H,7-8,10-12H2,1-2H3,(H2,31,39). The van der Waals surface area contributed by atoms with Gasteiger partial charge in [-0.25, -0.2) is 4.39 Å². The van der Waals surface area contributed by atoms with Crippen LogP contribution in [-0.4, -0.2) is 57.6 Å². The van der Waals surface area contributed by atoms with Crippen molar-refractivity contribution >= 4 is 28.9 Å². The van der Waals surface area contributed by atoms with Crippen LogP contribution in [0.3, 0.4) is 0 Å². The summed E-state index contributed by atoms with van der Waals surface area (Å²) in [5.41, 5.74) is 3.67. The molecule has 11 heteroatoms. The second-order valence-electron chi connectivity index (χ2n) is 10.8. The smallest absolute Gasteiger partial charge is 0.255 e. The number of aliphatic hydroxyl groups is 3. The van der Waals surface area contributed by atoms with Crippen LogP contribution in [0, 0.1) is 17.7 Å². The van der Waals surface area contributed by atoms with Crippen molar-refractivity contribution in [1.82, 2.24) is 5.32 Å². The Bertz CT molecular complexity index is 1530. The number of benzene rings is 2. The molecule has 7 N–H and O–H groups in total. The number of nitrogens with two attached hydrogens (primary N) is 1. The van der Waals surface area contributed by atoms with E-state index in [9.17, 15) is 39.2 Å². The first kappa shape index (κ1) is 27.4. The number of nitrogens with zero attached hydrogens (tertiary/aromatic N) is 1. The van der Waals surface area contributed by atoms with Crippen molar-refractivity contribution in [2.75, 3.05) is 19.0 Å². The van der Waals surface area contributed by atoms with E-state index in [2.05, 4.69) is 5.32 Å². The van der Waals surface area contributed by atoms with E-state index in [0.717, 1.165) is 0 Å². The third kappa shape index (κ3) is 4.04. The third-order valence-corrected chi connectivity index (χ3v) is 8.19. The number of aliphatic hydroxyl groups excluding tert-OH is 2. The first-order valence-electron chi connectivity index (χ1n) is 12.8. The topological polar surface area (TPSA) is 173 Å². The largest absolute Gasteiger partial charge is 0.508 e. The number of Topliss-reactive ketones (excluding diaryl/α,β-unsaturated/α-hetero) is 2. The van der Waals surface area contributed by atoms with E-state index in [0.29, 0.717) is 22.4 Å². The van der Waals surface area contributed by atoms with Gasteiger partial charge in [-0.05, 0) is 36.5 Å². The second-order valence-corrected chi connectivity index (χ2v) is 10.8. The maximum atomic E-state index is 14.0. The highest BCUT2D eigenvalue weighted by atomic mass is 19.1. The van der Waals surface area contributed by atoms with Gasteiger partial charge in [0.25, 0.3) is 5.91 Å². The number of phenolic OH excluding ortho intramolecular Hbond substituents is 1.